The molecule has 0 radical (unpaired) electrons. The number of halogens is 1. The first-order chi connectivity index (χ1) is 9.06. The number of carbonyl (C=O) groups is 1. The average molecular weight is 282 g/mol. The van der Waals surface area contributed by atoms with E-state index in [0.29, 0.717) is 16.8 Å². The highest BCUT2D eigenvalue weighted by molar-refractivity contribution is 6.30. The van der Waals surface area contributed by atoms with Gasteiger partial charge >= 0.3 is 0 Å². The summed E-state index contributed by atoms with van der Waals surface area (Å²) in [5, 5.41) is 3.71. The van der Waals surface area contributed by atoms with Crippen LogP contribution in [0.4, 0.5) is 0 Å². The minimum atomic E-state index is -0.486. The van der Waals surface area contributed by atoms with Crippen LogP contribution in [0, 0.1) is 6.92 Å². The zero-order valence-corrected chi connectivity index (χ0v) is 12.2. The van der Waals surface area contributed by atoms with Crippen molar-refractivity contribution in [3.05, 3.63) is 28.8 Å². The first-order valence-electron chi connectivity index (χ1n) is 6.79. The number of benzene rings is 1. The van der Waals surface area contributed by atoms with Gasteiger partial charge in [-0.2, -0.15) is 0 Å². The molecule has 0 bridgehead atoms. The van der Waals surface area contributed by atoms with Crippen LogP contribution in [-0.2, 0) is 4.79 Å². The molecule has 1 aliphatic rings. The van der Waals surface area contributed by atoms with Gasteiger partial charge in [-0.3, -0.25) is 4.79 Å². The van der Waals surface area contributed by atoms with E-state index in [1.807, 2.05) is 13.0 Å². The normalized spacial score (nSPS) is 17.2. The van der Waals surface area contributed by atoms with Crippen LogP contribution in [0.5, 0.6) is 5.75 Å². The van der Waals surface area contributed by atoms with Gasteiger partial charge < -0.3 is 10.1 Å². The summed E-state index contributed by atoms with van der Waals surface area (Å²) in [7, 11) is 0. The van der Waals surface area contributed by atoms with Crippen LogP contribution in [-0.4, -0.2) is 18.1 Å². The molecular weight excluding hydrogens is 262 g/mol. The summed E-state index contributed by atoms with van der Waals surface area (Å²) in [6.45, 7) is 3.70. The highest BCUT2D eigenvalue weighted by Gasteiger charge is 2.21. The van der Waals surface area contributed by atoms with Crippen molar-refractivity contribution < 1.29 is 9.53 Å². The molecule has 3 nitrogen and oxygen atoms in total. The predicted molar refractivity (Wildman–Crippen MR) is 76.7 cm³/mol. The number of rotatable bonds is 4. The lowest BCUT2D eigenvalue weighted by Gasteiger charge is -2.19. The van der Waals surface area contributed by atoms with E-state index in [0.717, 1.165) is 18.4 Å². The van der Waals surface area contributed by atoms with Gasteiger partial charge in [-0.25, -0.2) is 0 Å². The summed E-state index contributed by atoms with van der Waals surface area (Å²) in [5.74, 6) is 0.666. The molecule has 0 unspecified atom stereocenters. The van der Waals surface area contributed by atoms with Crippen molar-refractivity contribution in [1.29, 1.82) is 0 Å². The molecule has 1 saturated carbocycles. The SMILES string of the molecule is Cc1cc(Cl)ccc1O[C@H](C)C(=O)NC1CCCC1. The van der Waals surface area contributed by atoms with Crippen LogP contribution in [0.1, 0.15) is 38.2 Å². The van der Waals surface area contributed by atoms with Crippen LogP contribution in [0.15, 0.2) is 18.2 Å². The smallest absolute Gasteiger partial charge is 0.260 e. The molecule has 1 aromatic rings. The first-order valence-corrected chi connectivity index (χ1v) is 7.17. The molecule has 19 heavy (non-hydrogen) atoms. The molecule has 1 fully saturated rings. The fraction of sp³-hybridized carbons (Fsp3) is 0.533. The summed E-state index contributed by atoms with van der Waals surface area (Å²) in [6.07, 6.45) is 4.09. The Morgan fingerprint density at radius 3 is 2.74 bits per heavy atom. The first kappa shape index (κ1) is 14.2. The molecular formula is C15H20ClNO2. The standard InChI is InChI=1S/C15H20ClNO2/c1-10-9-12(16)7-8-14(10)19-11(2)15(18)17-13-5-3-4-6-13/h7-9,11,13H,3-6H2,1-2H3,(H,17,18)/t11-/m1/s1. The second-order valence-corrected chi connectivity index (χ2v) is 5.60. The van der Waals surface area contributed by atoms with Crippen LogP contribution in [0.2, 0.25) is 5.02 Å². The lowest BCUT2D eigenvalue weighted by Crippen LogP contribution is -2.41. The van der Waals surface area contributed by atoms with Crippen LogP contribution in [0.25, 0.3) is 0 Å². The average Bonchev–Trinajstić information content (AvgIpc) is 2.85. The van der Waals surface area contributed by atoms with E-state index in [1.165, 1.54) is 12.8 Å². The van der Waals surface area contributed by atoms with E-state index in [1.54, 1.807) is 19.1 Å². The van der Waals surface area contributed by atoms with Gasteiger partial charge in [0.15, 0.2) is 6.10 Å². The van der Waals surface area contributed by atoms with E-state index in [9.17, 15) is 4.79 Å². The molecule has 0 aliphatic heterocycles. The Bertz CT molecular complexity index is 455. The van der Waals surface area contributed by atoms with Crippen molar-refractivity contribution in [1.82, 2.24) is 5.32 Å². The van der Waals surface area contributed by atoms with Gasteiger partial charge in [0.2, 0.25) is 0 Å². The number of hydrogen-bond donors (Lipinski definition) is 1. The van der Waals surface area contributed by atoms with Crippen molar-refractivity contribution >= 4 is 17.5 Å². The molecule has 0 aromatic heterocycles. The molecule has 1 atom stereocenters. The number of ether oxygens (including phenoxy) is 1. The third kappa shape index (κ3) is 3.87. The largest absolute Gasteiger partial charge is 0.481 e. The van der Waals surface area contributed by atoms with Crippen LogP contribution in [0.3, 0.4) is 0 Å². The number of amides is 1. The topological polar surface area (TPSA) is 38.3 Å². The highest BCUT2D eigenvalue weighted by atomic mass is 35.5. The third-order valence-corrected chi connectivity index (χ3v) is 3.75. The van der Waals surface area contributed by atoms with E-state index in [-0.39, 0.29) is 5.91 Å². The molecule has 1 amide bonds. The van der Waals surface area contributed by atoms with Gasteiger partial charge in [0.25, 0.3) is 5.91 Å². The maximum atomic E-state index is 12.0. The quantitative estimate of drug-likeness (QED) is 0.918. The summed E-state index contributed by atoms with van der Waals surface area (Å²) >= 11 is 5.89. The lowest BCUT2D eigenvalue weighted by molar-refractivity contribution is -0.127. The Labute approximate surface area is 119 Å². The molecule has 0 spiro atoms. The van der Waals surface area contributed by atoms with E-state index in [2.05, 4.69) is 5.32 Å². The summed E-state index contributed by atoms with van der Waals surface area (Å²) in [6, 6.07) is 5.73. The van der Waals surface area contributed by atoms with Gasteiger partial charge in [0.05, 0.1) is 0 Å². The maximum Gasteiger partial charge on any atom is 0.260 e. The fourth-order valence-corrected chi connectivity index (χ4v) is 2.60. The van der Waals surface area contributed by atoms with E-state index in [4.69, 9.17) is 16.3 Å². The second-order valence-electron chi connectivity index (χ2n) is 5.16. The van der Waals surface area contributed by atoms with Crippen LogP contribution >= 0.6 is 11.6 Å². The molecule has 0 heterocycles. The van der Waals surface area contributed by atoms with Gasteiger partial charge in [-0.05, 0) is 50.5 Å². The highest BCUT2D eigenvalue weighted by Crippen LogP contribution is 2.23. The monoisotopic (exact) mass is 281 g/mol. The Hall–Kier alpha value is -1.22. The minimum absolute atomic E-state index is 0.0405. The van der Waals surface area contributed by atoms with Crippen molar-refractivity contribution in [2.45, 2.75) is 51.7 Å². The summed E-state index contributed by atoms with van der Waals surface area (Å²) < 4.78 is 5.70. The van der Waals surface area contributed by atoms with E-state index >= 15 is 0 Å². The third-order valence-electron chi connectivity index (χ3n) is 3.51. The Balaban J connectivity index is 1.92. The zero-order chi connectivity index (χ0) is 13.8. The second kappa shape index (κ2) is 6.29. The van der Waals surface area contributed by atoms with Crippen molar-refractivity contribution in [2.75, 3.05) is 0 Å². The number of hydrogen-bond acceptors (Lipinski definition) is 2. The fourth-order valence-electron chi connectivity index (χ4n) is 2.38. The van der Waals surface area contributed by atoms with Crippen molar-refractivity contribution in [3.63, 3.8) is 0 Å². The molecule has 1 N–H and O–H groups in total. The number of aryl methyl sites for hydroxylation is 1. The van der Waals surface area contributed by atoms with E-state index < -0.39 is 6.10 Å². The Morgan fingerprint density at radius 1 is 1.42 bits per heavy atom. The minimum Gasteiger partial charge on any atom is -0.481 e. The Kier molecular flexibility index (Phi) is 4.70. The lowest BCUT2D eigenvalue weighted by atomic mass is 10.2. The number of carbonyl (C=O) groups excluding carboxylic acids is 1. The molecule has 2 rings (SSSR count). The zero-order valence-electron chi connectivity index (χ0n) is 11.4. The van der Waals surface area contributed by atoms with Gasteiger partial charge in [-0.15, -0.1) is 0 Å². The van der Waals surface area contributed by atoms with Gasteiger partial charge in [-0.1, -0.05) is 24.4 Å². The summed E-state index contributed by atoms with van der Waals surface area (Å²) in [4.78, 5) is 12.0. The van der Waals surface area contributed by atoms with Gasteiger partial charge in [0.1, 0.15) is 5.75 Å². The summed E-state index contributed by atoms with van der Waals surface area (Å²) in [5.41, 5.74) is 0.938. The molecule has 1 aromatic carbocycles. The van der Waals surface area contributed by atoms with Gasteiger partial charge in [0, 0.05) is 11.1 Å². The predicted octanol–water partition coefficient (Wildman–Crippen LogP) is 3.47. The molecule has 4 heteroatoms. The molecule has 0 saturated heterocycles. The molecule has 104 valence electrons. The van der Waals surface area contributed by atoms with Crippen LogP contribution < -0.4 is 10.1 Å². The Morgan fingerprint density at radius 2 is 2.11 bits per heavy atom. The van der Waals surface area contributed by atoms with Crippen molar-refractivity contribution in [2.24, 2.45) is 0 Å². The maximum absolute atomic E-state index is 12.0. The van der Waals surface area contributed by atoms with Crippen molar-refractivity contribution in [3.8, 4) is 5.75 Å². The number of nitrogens with one attached hydrogen (secondary N) is 1. The molecule has 1 aliphatic carbocycles.